The van der Waals surface area contributed by atoms with Gasteiger partial charge in [-0.25, -0.2) is 4.98 Å². The molecule has 1 saturated heterocycles. The second-order valence-corrected chi connectivity index (χ2v) is 5.98. The molecule has 23 heavy (non-hydrogen) atoms. The van der Waals surface area contributed by atoms with Gasteiger partial charge in [-0.15, -0.1) is 0 Å². The Labute approximate surface area is 134 Å². The lowest BCUT2D eigenvalue weighted by Crippen LogP contribution is -2.47. The Bertz CT molecular complexity index is 781. The van der Waals surface area contributed by atoms with Crippen LogP contribution in [0.5, 0.6) is 0 Å². The third-order valence-corrected chi connectivity index (χ3v) is 4.47. The zero-order chi connectivity index (χ0) is 16.8. The summed E-state index contributed by atoms with van der Waals surface area (Å²) in [5.74, 6) is -1.83. The molecule has 0 aliphatic carbocycles. The van der Waals surface area contributed by atoms with Gasteiger partial charge >= 0.3 is 12.1 Å². The van der Waals surface area contributed by atoms with Gasteiger partial charge in [-0.2, -0.15) is 13.2 Å². The highest BCUT2D eigenvalue weighted by molar-refractivity contribution is 6.30. The summed E-state index contributed by atoms with van der Waals surface area (Å²) >= 11 is 5.83. The molecule has 1 aliphatic rings. The van der Waals surface area contributed by atoms with Crippen molar-refractivity contribution in [1.82, 2.24) is 4.98 Å². The molecule has 1 aliphatic heterocycles. The molecule has 0 saturated carbocycles. The minimum Gasteiger partial charge on any atom is -0.481 e. The average Bonchev–Trinajstić information content (AvgIpc) is 2.92. The number of alkyl halides is 3. The molecule has 8 heteroatoms. The van der Waals surface area contributed by atoms with Crippen LogP contribution >= 0.6 is 11.6 Å². The third kappa shape index (κ3) is 2.59. The van der Waals surface area contributed by atoms with E-state index in [2.05, 4.69) is 4.98 Å². The fourth-order valence-electron chi connectivity index (χ4n) is 2.86. The minimum atomic E-state index is -4.79. The number of nitrogens with zero attached hydrogens (tertiary/aromatic N) is 2. The van der Waals surface area contributed by atoms with Crippen LogP contribution in [0.15, 0.2) is 30.5 Å². The topological polar surface area (TPSA) is 53.4 Å². The molecule has 2 heterocycles. The highest BCUT2D eigenvalue weighted by Crippen LogP contribution is 2.46. The smallest absolute Gasteiger partial charge is 0.406 e. The summed E-state index contributed by atoms with van der Waals surface area (Å²) in [5.41, 5.74) is -2.19. The zero-order valence-corrected chi connectivity index (χ0v) is 12.5. The number of benzene rings is 1. The lowest BCUT2D eigenvalue weighted by molar-refractivity contribution is -0.225. The lowest BCUT2D eigenvalue weighted by atomic mass is 9.86. The van der Waals surface area contributed by atoms with Gasteiger partial charge < -0.3 is 10.0 Å². The van der Waals surface area contributed by atoms with Crippen molar-refractivity contribution in [2.75, 3.05) is 18.0 Å². The molecule has 1 N–H and O–H groups in total. The number of pyridine rings is 1. The molecule has 1 aromatic heterocycles. The highest BCUT2D eigenvalue weighted by Gasteiger charge is 2.63. The second-order valence-electron chi connectivity index (χ2n) is 5.60. The number of hydrogen-bond acceptors (Lipinski definition) is 3. The zero-order valence-electron chi connectivity index (χ0n) is 11.8. The Morgan fingerprint density at radius 1 is 1.30 bits per heavy atom. The van der Waals surface area contributed by atoms with Crippen LogP contribution in [0.1, 0.15) is 6.42 Å². The molecular formula is C15H12ClF3N2O2. The number of carboxylic acid groups (broad SMARTS) is 1. The van der Waals surface area contributed by atoms with E-state index in [0.29, 0.717) is 5.69 Å². The fourth-order valence-corrected chi connectivity index (χ4v) is 3.02. The summed E-state index contributed by atoms with van der Waals surface area (Å²) in [7, 11) is 0. The van der Waals surface area contributed by atoms with Crippen molar-refractivity contribution >= 4 is 34.0 Å². The number of fused-ring (bicyclic) bond motifs is 1. The summed E-state index contributed by atoms with van der Waals surface area (Å²) in [4.78, 5) is 16.6. The van der Waals surface area contributed by atoms with E-state index in [1.54, 1.807) is 30.5 Å². The predicted molar refractivity (Wildman–Crippen MR) is 79.7 cm³/mol. The molecule has 0 bridgehead atoms. The van der Waals surface area contributed by atoms with Crippen molar-refractivity contribution in [2.24, 2.45) is 5.41 Å². The average molecular weight is 345 g/mol. The van der Waals surface area contributed by atoms with Crippen molar-refractivity contribution in [3.63, 3.8) is 0 Å². The summed E-state index contributed by atoms with van der Waals surface area (Å²) < 4.78 is 39.7. The van der Waals surface area contributed by atoms with E-state index in [0.717, 1.165) is 10.8 Å². The SMILES string of the molecule is O=C(O)C1(C(F)(F)F)CCN(c2ccc3cnc(Cl)cc3c2)C1. The maximum Gasteiger partial charge on any atom is 0.406 e. The van der Waals surface area contributed by atoms with Gasteiger partial charge in [0.25, 0.3) is 0 Å². The predicted octanol–water partition coefficient (Wildman–Crippen LogP) is 3.73. The molecule has 3 rings (SSSR count). The minimum absolute atomic E-state index is 0.0239. The van der Waals surface area contributed by atoms with Crippen LogP contribution in [-0.4, -0.2) is 35.3 Å². The van der Waals surface area contributed by atoms with E-state index in [4.69, 9.17) is 16.7 Å². The molecule has 1 aromatic carbocycles. The molecule has 4 nitrogen and oxygen atoms in total. The lowest BCUT2D eigenvalue weighted by Gasteiger charge is -2.28. The quantitative estimate of drug-likeness (QED) is 0.843. The van der Waals surface area contributed by atoms with E-state index in [9.17, 15) is 18.0 Å². The molecule has 0 amide bonds. The van der Waals surface area contributed by atoms with Crippen LogP contribution in [-0.2, 0) is 4.79 Å². The van der Waals surface area contributed by atoms with E-state index >= 15 is 0 Å². The number of hydrogen-bond donors (Lipinski definition) is 1. The first kappa shape index (κ1) is 15.9. The van der Waals surface area contributed by atoms with Gasteiger partial charge in [-0.05, 0) is 30.0 Å². The van der Waals surface area contributed by atoms with E-state index in [1.165, 1.54) is 4.90 Å². The monoisotopic (exact) mass is 344 g/mol. The molecule has 1 fully saturated rings. The number of anilines is 1. The summed E-state index contributed by atoms with van der Waals surface area (Å²) in [6.45, 7) is -0.577. The van der Waals surface area contributed by atoms with Gasteiger partial charge in [0.15, 0.2) is 5.41 Å². The van der Waals surface area contributed by atoms with Crippen LogP contribution in [0.4, 0.5) is 18.9 Å². The molecule has 2 aromatic rings. The van der Waals surface area contributed by atoms with Crippen molar-refractivity contribution < 1.29 is 23.1 Å². The number of rotatable bonds is 2. The van der Waals surface area contributed by atoms with Crippen molar-refractivity contribution in [3.05, 3.63) is 35.6 Å². The van der Waals surface area contributed by atoms with Crippen LogP contribution in [0, 0.1) is 5.41 Å². The Kier molecular flexibility index (Phi) is 3.63. The highest BCUT2D eigenvalue weighted by atomic mass is 35.5. The Morgan fingerprint density at radius 2 is 2.04 bits per heavy atom. The Balaban J connectivity index is 1.96. The van der Waals surface area contributed by atoms with Crippen molar-refractivity contribution in [3.8, 4) is 0 Å². The molecular weight excluding hydrogens is 333 g/mol. The molecule has 1 unspecified atom stereocenters. The van der Waals surface area contributed by atoms with Crippen LogP contribution < -0.4 is 4.90 Å². The maximum atomic E-state index is 13.2. The largest absolute Gasteiger partial charge is 0.481 e. The number of aliphatic carboxylic acids is 1. The normalized spacial score (nSPS) is 21.8. The van der Waals surface area contributed by atoms with Crippen LogP contribution in [0.25, 0.3) is 10.8 Å². The van der Waals surface area contributed by atoms with Gasteiger partial charge in [0, 0.05) is 30.4 Å². The van der Waals surface area contributed by atoms with Gasteiger partial charge in [-0.1, -0.05) is 17.7 Å². The standard InChI is InChI=1S/C15H12ClF3N2O2/c16-12-6-10-5-11(2-1-9(10)7-20-12)21-4-3-14(8-21,13(22)23)15(17,18)19/h1-2,5-7H,3-4,8H2,(H,22,23). The Hall–Kier alpha value is -2.02. The summed E-state index contributed by atoms with van der Waals surface area (Å²) in [5, 5.41) is 10.9. The molecule has 122 valence electrons. The van der Waals surface area contributed by atoms with Gasteiger partial charge in [0.1, 0.15) is 5.15 Å². The summed E-state index contributed by atoms with van der Waals surface area (Å²) in [6, 6.07) is 6.69. The van der Waals surface area contributed by atoms with Gasteiger partial charge in [0.05, 0.1) is 0 Å². The van der Waals surface area contributed by atoms with E-state index in [-0.39, 0.29) is 11.7 Å². The van der Waals surface area contributed by atoms with Crippen LogP contribution in [0.3, 0.4) is 0 Å². The van der Waals surface area contributed by atoms with Crippen molar-refractivity contribution in [1.29, 1.82) is 0 Å². The van der Waals surface area contributed by atoms with Gasteiger partial charge in [0.2, 0.25) is 0 Å². The first-order chi connectivity index (χ1) is 10.7. The van der Waals surface area contributed by atoms with Crippen molar-refractivity contribution in [2.45, 2.75) is 12.6 Å². The summed E-state index contributed by atoms with van der Waals surface area (Å²) in [6.07, 6.45) is -3.69. The first-order valence-electron chi connectivity index (χ1n) is 6.83. The van der Waals surface area contributed by atoms with E-state index in [1.807, 2.05) is 0 Å². The number of carbonyl (C=O) groups is 1. The Morgan fingerprint density at radius 3 is 2.65 bits per heavy atom. The maximum absolute atomic E-state index is 13.2. The number of carboxylic acids is 1. The number of halogens is 4. The van der Waals surface area contributed by atoms with Gasteiger partial charge in [-0.3, -0.25) is 4.79 Å². The van der Waals surface area contributed by atoms with E-state index < -0.39 is 30.5 Å². The second kappa shape index (κ2) is 5.26. The molecule has 1 atom stereocenters. The number of aromatic nitrogens is 1. The van der Waals surface area contributed by atoms with Crippen LogP contribution in [0.2, 0.25) is 5.15 Å². The molecule has 0 spiro atoms. The fraction of sp³-hybridized carbons (Fsp3) is 0.333. The first-order valence-corrected chi connectivity index (χ1v) is 7.21. The third-order valence-electron chi connectivity index (χ3n) is 4.26. The molecule has 0 radical (unpaired) electrons.